The number of carboxylic acids is 1. The molecule has 1 heterocycles. The number of hydrogen-bond acceptors (Lipinski definition) is 4. The molecule has 4 aromatic rings. The number of thiazole rings is 1. The van der Waals surface area contributed by atoms with Crippen LogP contribution in [-0.2, 0) is 11.2 Å². The summed E-state index contributed by atoms with van der Waals surface area (Å²) in [5.41, 5.74) is 3.26. The van der Waals surface area contributed by atoms with Gasteiger partial charge in [-0.05, 0) is 54.8 Å². The number of carboxylic acid groups (broad SMARTS) is 1. The van der Waals surface area contributed by atoms with Gasteiger partial charge in [0, 0.05) is 28.1 Å². The molecule has 0 aliphatic heterocycles. The summed E-state index contributed by atoms with van der Waals surface area (Å²) in [4.78, 5) is 24.9. The molecular formula is C26H21Cl2F3N2O3S. The van der Waals surface area contributed by atoms with Crippen molar-refractivity contribution in [2.24, 2.45) is 0 Å². The maximum absolute atomic E-state index is 12.9. The number of nitrogens with one attached hydrogen (secondary N) is 2. The average Bonchev–Trinajstić information content (AvgIpc) is 3.29. The summed E-state index contributed by atoms with van der Waals surface area (Å²) in [7, 11) is 0. The van der Waals surface area contributed by atoms with E-state index in [0.29, 0.717) is 15.1 Å². The lowest BCUT2D eigenvalue weighted by atomic mass is 9.86. The number of hydrogen-bond donors (Lipinski definition) is 1. The minimum atomic E-state index is -5.19. The van der Waals surface area contributed by atoms with Crippen molar-refractivity contribution in [1.82, 2.24) is 5.32 Å². The molecular weight excluding hydrogens is 548 g/mol. The smallest absolute Gasteiger partial charge is 0.430 e. The van der Waals surface area contributed by atoms with Crippen molar-refractivity contribution in [2.45, 2.75) is 31.5 Å². The minimum Gasteiger partial charge on any atom is -0.542 e. The molecule has 0 unspecified atom stereocenters. The van der Waals surface area contributed by atoms with Gasteiger partial charge in [-0.1, -0.05) is 70.9 Å². The van der Waals surface area contributed by atoms with Crippen LogP contribution in [0.25, 0.3) is 10.2 Å². The summed E-state index contributed by atoms with van der Waals surface area (Å²) in [6.45, 7) is 2.04. The van der Waals surface area contributed by atoms with Gasteiger partial charge in [0.15, 0.2) is 0 Å². The molecule has 2 N–H and O–H groups in total. The Morgan fingerprint density at radius 3 is 2.05 bits per heavy atom. The molecule has 0 spiro atoms. The van der Waals surface area contributed by atoms with Gasteiger partial charge in [0.2, 0.25) is 5.52 Å². The van der Waals surface area contributed by atoms with E-state index in [9.17, 15) is 18.0 Å². The van der Waals surface area contributed by atoms with E-state index in [1.54, 1.807) is 0 Å². The predicted molar refractivity (Wildman–Crippen MR) is 136 cm³/mol. The molecule has 0 radical (unpaired) electrons. The van der Waals surface area contributed by atoms with Gasteiger partial charge in [-0.25, -0.2) is 0 Å². The third-order valence-electron chi connectivity index (χ3n) is 5.41. The Morgan fingerprint density at radius 1 is 0.973 bits per heavy atom. The van der Waals surface area contributed by atoms with E-state index in [0.717, 1.165) is 27.8 Å². The maximum Gasteiger partial charge on any atom is 0.430 e. The summed E-state index contributed by atoms with van der Waals surface area (Å²) >= 11 is 13.6. The Kier molecular flexibility index (Phi) is 9.53. The van der Waals surface area contributed by atoms with Crippen LogP contribution in [0.3, 0.4) is 0 Å². The van der Waals surface area contributed by atoms with Crippen molar-refractivity contribution >= 4 is 56.6 Å². The van der Waals surface area contributed by atoms with Crippen molar-refractivity contribution < 1.29 is 32.9 Å². The van der Waals surface area contributed by atoms with E-state index in [2.05, 4.69) is 10.3 Å². The molecule has 0 saturated heterocycles. The van der Waals surface area contributed by atoms with Gasteiger partial charge in [-0.2, -0.15) is 18.2 Å². The van der Waals surface area contributed by atoms with Crippen molar-refractivity contribution in [2.75, 3.05) is 0 Å². The number of aromatic amines is 1. The molecule has 194 valence electrons. The van der Waals surface area contributed by atoms with Gasteiger partial charge in [-0.3, -0.25) is 4.79 Å². The average molecular weight is 569 g/mol. The monoisotopic (exact) mass is 568 g/mol. The van der Waals surface area contributed by atoms with Crippen LogP contribution in [-0.4, -0.2) is 24.1 Å². The molecule has 37 heavy (non-hydrogen) atoms. The molecule has 0 saturated carbocycles. The van der Waals surface area contributed by atoms with Crippen LogP contribution in [0.5, 0.6) is 0 Å². The number of halogens is 5. The molecule has 2 atom stereocenters. The van der Waals surface area contributed by atoms with E-state index in [-0.39, 0.29) is 17.9 Å². The second-order valence-corrected chi connectivity index (χ2v) is 10.0. The first-order valence-electron chi connectivity index (χ1n) is 10.9. The van der Waals surface area contributed by atoms with E-state index in [1.165, 1.54) is 11.3 Å². The highest BCUT2D eigenvalue weighted by Crippen LogP contribution is 2.27. The fraction of sp³-hybridized carbons (Fsp3) is 0.192. The summed E-state index contributed by atoms with van der Waals surface area (Å²) in [6, 6.07) is 23.5. The topological polar surface area (TPSA) is 83.4 Å². The van der Waals surface area contributed by atoms with Crippen LogP contribution in [0.15, 0.2) is 72.8 Å². The second-order valence-electron chi connectivity index (χ2n) is 8.09. The Labute approximate surface area is 224 Å². The predicted octanol–water partition coefficient (Wildman–Crippen LogP) is 5.47. The number of fused-ring (bicyclic) bond motifs is 1. The Morgan fingerprint density at radius 2 is 1.51 bits per heavy atom. The summed E-state index contributed by atoms with van der Waals surface area (Å²) in [5.74, 6) is -3.02. The number of aromatic nitrogens is 1. The van der Waals surface area contributed by atoms with Crippen LogP contribution in [0.4, 0.5) is 13.2 Å². The fourth-order valence-electron chi connectivity index (χ4n) is 3.56. The van der Waals surface area contributed by atoms with Crippen molar-refractivity contribution in [3.8, 4) is 0 Å². The molecule has 5 nitrogen and oxygen atoms in total. The quantitative estimate of drug-likeness (QED) is 0.335. The lowest BCUT2D eigenvalue weighted by molar-refractivity contribution is -0.344. The van der Waals surface area contributed by atoms with Gasteiger partial charge in [0.05, 0.1) is 0 Å². The lowest BCUT2D eigenvalue weighted by Gasteiger charge is -2.25. The van der Waals surface area contributed by atoms with Gasteiger partial charge < -0.3 is 15.2 Å². The summed E-state index contributed by atoms with van der Waals surface area (Å²) < 4.78 is 32.6. The number of rotatable bonds is 6. The number of H-pyrrole nitrogens is 1. The van der Waals surface area contributed by atoms with Crippen LogP contribution in [0.1, 0.15) is 33.8 Å². The highest BCUT2D eigenvalue weighted by Gasteiger charge is 2.29. The number of para-hydroxylation sites is 1. The first-order valence-corrected chi connectivity index (χ1v) is 12.5. The fourth-order valence-corrected chi connectivity index (χ4v) is 4.72. The Bertz CT molecular complexity index is 1330. The molecule has 11 heteroatoms. The minimum absolute atomic E-state index is 0.0850. The zero-order valence-corrected chi connectivity index (χ0v) is 21.6. The SMILES string of the molecule is C[C@@H](NC(=O)c1[nH+]c2ccccc2s1)[C@H](Cc1ccc(Cl)cc1)c1ccc(Cl)cc1.O=C([O-])C(F)(F)F. The van der Waals surface area contributed by atoms with Crippen LogP contribution in [0.2, 0.25) is 10.0 Å². The number of benzene rings is 3. The molecule has 0 aliphatic carbocycles. The molecule has 4 rings (SSSR count). The Balaban J connectivity index is 0.000000479. The van der Waals surface area contributed by atoms with Gasteiger partial charge in [-0.15, -0.1) is 0 Å². The first kappa shape index (κ1) is 28.4. The van der Waals surface area contributed by atoms with Crippen molar-refractivity contribution in [3.63, 3.8) is 0 Å². The van der Waals surface area contributed by atoms with E-state index in [1.807, 2.05) is 79.7 Å². The van der Waals surface area contributed by atoms with Gasteiger partial charge in [0.25, 0.3) is 0 Å². The van der Waals surface area contributed by atoms with Crippen LogP contribution >= 0.6 is 34.5 Å². The van der Waals surface area contributed by atoms with E-state index in [4.69, 9.17) is 33.1 Å². The standard InChI is InChI=1S/C24H20Cl2N2OS.C2HF3O2/c1-15(27-23(29)24-28-21-4-2-3-5-22(21)30-24)20(17-8-12-19(26)13-9-17)14-16-6-10-18(25)11-7-16;3-2(4,5)1(6)7/h2-13,15,20H,14H2,1H3,(H,27,29);(H,6,7)/t15-,20+;/m1./s1. The van der Waals surface area contributed by atoms with Gasteiger partial charge in [0.1, 0.15) is 10.7 Å². The maximum atomic E-state index is 12.9. The third kappa shape index (κ3) is 8.18. The number of amides is 1. The second kappa shape index (κ2) is 12.4. The van der Waals surface area contributed by atoms with E-state index < -0.39 is 12.1 Å². The third-order valence-corrected chi connectivity index (χ3v) is 6.99. The number of alkyl halides is 3. The van der Waals surface area contributed by atoms with Crippen LogP contribution in [0, 0.1) is 0 Å². The number of carbonyl (C=O) groups is 2. The molecule has 0 aliphatic rings. The molecule has 0 fully saturated rings. The van der Waals surface area contributed by atoms with E-state index >= 15 is 0 Å². The Hall–Kier alpha value is -3.14. The zero-order valence-electron chi connectivity index (χ0n) is 19.3. The lowest BCUT2D eigenvalue weighted by Crippen LogP contribution is -2.39. The van der Waals surface area contributed by atoms with Crippen LogP contribution < -0.4 is 15.4 Å². The zero-order chi connectivity index (χ0) is 27.2. The first-order chi connectivity index (χ1) is 17.4. The summed E-state index contributed by atoms with van der Waals surface area (Å²) in [5, 5.41) is 14.0. The van der Waals surface area contributed by atoms with Gasteiger partial charge >= 0.3 is 17.1 Å². The summed E-state index contributed by atoms with van der Waals surface area (Å²) in [6.07, 6.45) is -4.42. The number of aliphatic carboxylic acids is 1. The molecule has 1 amide bonds. The molecule has 1 aromatic heterocycles. The molecule has 3 aromatic carbocycles. The van der Waals surface area contributed by atoms with Crippen molar-refractivity contribution in [1.29, 1.82) is 0 Å². The highest BCUT2D eigenvalue weighted by molar-refractivity contribution is 7.19. The largest absolute Gasteiger partial charge is 0.542 e. The molecule has 0 bridgehead atoms. The number of carbonyl (C=O) groups excluding carboxylic acids is 2. The normalized spacial score (nSPS) is 12.8. The highest BCUT2D eigenvalue weighted by atomic mass is 35.5. The van der Waals surface area contributed by atoms with Crippen molar-refractivity contribution in [3.05, 3.63) is 99.0 Å².